The highest BCUT2D eigenvalue weighted by molar-refractivity contribution is 14.0. The summed E-state index contributed by atoms with van der Waals surface area (Å²) in [6.45, 7) is 4.87. The summed E-state index contributed by atoms with van der Waals surface area (Å²) in [6.07, 6.45) is 5.95. The maximum absolute atomic E-state index is 5.92. The molecule has 2 rings (SSSR count). The van der Waals surface area contributed by atoms with E-state index in [9.17, 15) is 0 Å². The highest BCUT2D eigenvalue weighted by Crippen LogP contribution is 2.17. The van der Waals surface area contributed by atoms with Gasteiger partial charge in [0, 0.05) is 25.3 Å². The largest absolute Gasteiger partial charge is 0.370 e. The molecule has 20 heavy (non-hydrogen) atoms. The van der Waals surface area contributed by atoms with E-state index in [1.807, 2.05) is 18.7 Å². The van der Waals surface area contributed by atoms with E-state index in [-0.39, 0.29) is 24.0 Å². The molecule has 1 aromatic heterocycles. The van der Waals surface area contributed by atoms with Gasteiger partial charge in [0.2, 0.25) is 0 Å². The Morgan fingerprint density at radius 1 is 1.40 bits per heavy atom. The highest BCUT2D eigenvalue weighted by Gasteiger charge is 2.14. The van der Waals surface area contributed by atoms with Gasteiger partial charge in [-0.15, -0.1) is 24.0 Å². The molecule has 0 unspecified atom stereocenters. The molecule has 0 saturated heterocycles. The van der Waals surface area contributed by atoms with E-state index in [0.717, 1.165) is 18.7 Å². The van der Waals surface area contributed by atoms with Crippen LogP contribution in [0.4, 0.5) is 0 Å². The van der Waals surface area contributed by atoms with Gasteiger partial charge in [0.05, 0.1) is 5.69 Å². The van der Waals surface area contributed by atoms with E-state index in [0.29, 0.717) is 12.0 Å². The summed E-state index contributed by atoms with van der Waals surface area (Å²) in [4.78, 5) is 4.42. The molecule has 0 aliphatic heterocycles. The molecule has 0 spiro atoms. The Balaban J connectivity index is 0.00000200. The fourth-order valence-electron chi connectivity index (χ4n) is 2.79. The molecule has 0 bridgehead atoms. The summed E-state index contributed by atoms with van der Waals surface area (Å²) in [5.41, 5.74) is 9.52. The minimum Gasteiger partial charge on any atom is -0.370 e. The molecular formula is C14H26IN5. The van der Waals surface area contributed by atoms with E-state index >= 15 is 0 Å². The lowest BCUT2D eigenvalue weighted by molar-refractivity contribution is 0.625. The number of aliphatic imine (C=N–C) groups is 1. The summed E-state index contributed by atoms with van der Waals surface area (Å²) in [7, 11) is 1.98. The summed E-state index contributed by atoms with van der Waals surface area (Å²) in [6, 6.07) is 0.533. The van der Waals surface area contributed by atoms with Gasteiger partial charge in [0.1, 0.15) is 0 Å². The van der Waals surface area contributed by atoms with Crippen molar-refractivity contribution in [1.82, 2.24) is 15.1 Å². The summed E-state index contributed by atoms with van der Waals surface area (Å²) < 4.78 is 1.93. The van der Waals surface area contributed by atoms with Crippen molar-refractivity contribution in [3.63, 3.8) is 0 Å². The normalized spacial score (nSPS) is 16.2. The van der Waals surface area contributed by atoms with E-state index in [4.69, 9.17) is 5.73 Å². The van der Waals surface area contributed by atoms with Gasteiger partial charge in [0.15, 0.2) is 5.96 Å². The topological polar surface area (TPSA) is 68.2 Å². The van der Waals surface area contributed by atoms with Crippen LogP contribution in [0.2, 0.25) is 0 Å². The first kappa shape index (κ1) is 17.3. The number of aromatic nitrogens is 2. The number of nitrogens with one attached hydrogen (secondary N) is 1. The Labute approximate surface area is 138 Å². The molecule has 0 radical (unpaired) electrons. The average molecular weight is 391 g/mol. The third-order valence-corrected chi connectivity index (χ3v) is 4.01. The van der Waals surface area contributed by atoms with Crippen molar-refractivity contribution in [2.75, 3.05) is 6.54 Å². The summed E-state index contributed by atoms with van der Waals surface area (Å²) in [5, 5.41) is 7.72. The Morgan fingerprint density at radius 3 is 2.60 bits per heavy atom. The SMILES string of the molecule is Cc1nn(C)c(C)c1CCN=C(N)NC1CCCC1.I. The Kier molecular flexibility index (Phi) is 6.78. The van der Waals surface area contributed by atoms with Crippen molar-refractivity contribution < 1.29 is 0 Å². The zero-order valence-electron chi connectivity index (χ0n) is 12.6. The van der Waals surface area contributed by atoms with Crippen molar-refractivity contribution in [3.05, 3.63) is 17.0 Å². The van der Waals surface area contributed by atoms with Crippen LogP contribution < -0.4 is 11.1 Å². The molecule has 1 saturated carbocycles. The van der Waals surface area contributed by atoms with E-state index in [1.165, 1.54) is 36.9 Å². The molecular weight excluding hydrogens is 365 g/mol. The van der Waals surface area contributed by atoms with Crippen molar-refractivity contribution in [2.24, 2.45) is 17.8 Å². The zero-order chi connectivity index (χ0) is 13.8. The van der Waals surface area contributed by atoms with Crippen LogP contribution in [0.15, 0.2) is 4.99 Å². The number of halogens is 1. The van der Waals surface area contributed by atoms with E-state index in [2.05, 4.69) is 22.3 Å². The predicted molar refractivity (Wildman–Crippen MR) is 93.7 cm³/mol. The van der Waals surface area contributed by atoms with Crippen LogP contribution in [0.25, 0.3) is 0 Å². The number of nitrogens with two attached hydrogens (primary N) is 1. The van der Waals surface area contributed by atoms with Crippen molar-refractivity contribution in [3.8, 4) is 0 Å². The number of hydrogen-bond donors (Lipinski definition) is 2. The second-order valence-electron chi connectivity index (χ2n) is 5.42. The highest BCUT2D eigenvalue weighted by atomic mass is 127. The van der Waals surface area contributed by atoms with Crippen LogP contribution in [-0.2, 0) is 13.5 Å². The zero-order valence-corrected chi connectivity index (χ0v) is 15.0. The Hall–Kier alpha value is -0.790. The fraction of sp³-hybridized carbons (Fsp3) is 0.714. The van der Waals surface area contributed by atoms with Crippen LogP contribution in [0.1, 0.15) is 42.6 Å². The van der Waals surface area contributed by atoms with Crippen molar-refractivity contribution in [1.29, 1.82) is 0 Å². The number of hydrogen-bond acceptors (Lipinski definition) is 2. The molecule has 0 aromatic carbocycles. The molecule has 5 nitrogen and oxygen atoms in total. The van der Waals surface area contributed by atoms with Crippen LogP contribution in [0.5, 0.6) is 0 Å². The monoisotopic (exact) mass is 391 g/mol. The minimum atomic E-state index is 0. The van der Waals surface area contributed by atoms with Gasteiger partial charge in [-0.3, -0.25) is 9.67 Å². The molecule has 1 fully saturated rings. The van der Waals surface area contributed by atoms with Gasteiger partial charge in [0.25, 0.3) is 0 Å². The van der Waals surface area contributed by atoms with Crippen molar-refractivity contribution in [2.45, 2.75) is 52.0 Å². The van der Waals surface area contributed by atoms with Gasteiger partial charge in [-0.1, -0.05) is 12.8 Å². The Morgan fingerprint density at radius 2 is 2.05 bits per heavy atom. The molecule has 1 heterocycles. The van der Waals surface area contributed by atoms with Gasteiger partial charge in [-0.05, 0) is 38.7 Å². The maximum atomic E-state index is 5.92. The van der Waals surface area contributed by atoms with Crippen LogP contribution in [0.3, 0.4) is 0 Å². The van der Waals surface area contributed by atoms with Crippen molar-refractivity contribution >= 4 is 29.9 Å². The first-order valence-corrected chi connectivity index (χ1v) is 7.13. The molecule has 1 aromatic rings. The lowest BCUT2D eigenvalue weighted by Gasteiger charge is -2.12. The third-order valence-electron chi connectivity index (χ3n) is 4.01. The maximum Gasteiger partial charge on any atom is 0.188 e. The fourth-order valence-corrected chi connectivity index (χ4v) is 2.79. The minimum absolute atomic E-state index is 0. The van der Waals surface area contributed by atoms with Gasteiger partial charge < -0.3 is 11.1 Å². The number of aryl methyl sites for hydroxylation is 2. The lowest BCUT2D eigenvalue weighted by Crippen LogP contribution is -2.38. The summed E-state index contributed by atoms with van der Waals surface area (Å²) >= 11 is 0. The Bertz CT molecular complexity index is 460. The number of guanidine groups is 1. The van der Waals surface area contributed by atoms with Gasteiger partial charge in [-0.25, -0.2) is 0 Å². The second kappa shape index (κ2) is 7.85. The third kappa shape index (κ3) is 4.36. The molecule has 114 valence electrons. The molecule has 6 heteroatoms. The quantitative estimate of drug-likeness (QED) is 0.469. The standard InChI is InChI=1S/C14H25N5.HI/c1-10-13(11(2)19(3)18-10)8-9-16-14(15)17-12-6-4-5-7-12;/h12H,4-9H2,1-3H3,(H3,15,16,17);1H. The molecule has 0 amide bonds. The average Bonchev–Trinajstić information content (AvgIpc) is 2.93. The molecule has 1 aliphatic carbocycles. The first-order valence-electron chi connectivity index (χ1n) is 7.13. The first-order chi connectivity index (χ1) is 9.08. The van der Waals surface area contributed by atoms with Crippen LogP contribution >= 0.6 is 24.0 Å². The predicted octanol–water partition coefficient (Wildman–Crippen LogP) is 2.04. The van der Waals surface area contributed by atoms with E-state index in [1.54, 1.807) is 0 Å². The lowest BCUT2D eigenvalue weighted by atomic mass is 10.1. The molecule has 3 N–H and O–H groups in total. The molecule has 0 atom stereocenters. The van der Waals surface area contributed by atoms with Crippen LogP contribution in [0, 0.1) is 13.8 Å². The number of rotatable bonds is 4. The van der Waals surface area contributed by atoms with E-state index < -0.39 is 0 Å². The second-order valence-corrected chi connectivity index (χ2v) is 5.42. The number of nitrogens with zero attached hydrogens (tertiary/aromatic N) is 3. The van der Waals surface area contributed by atoms with Crippen LogP contribution in [-0.4, -0.2) is 28.3 Å². The summed E-state index contributed by atoms with van der Waals surface area (Å²) in [5.74, 6) is 0.589. The van der Waals surface area contributed by atoms with Gasteiger partial charge >= 0.3 is 0 Å². The smallest absolute Gasteiger partial charge is 0.188 e. The molecule has 1 aliphatic rings. The van der Waals surface area contributed by atoms with Gasteiger partial charge in [-0.2, -0.15) is 5.10 Å².